The zero-order chi connectivity index (χ0) is 27.1. The molecule has 0 amide bonds. The standard InChI is InChI=1S/C35H74NO.BrH/c1-4-6-8-10-12-14-16-18-20-22-24-26-28-30-32-36(3,34-35-37)33-31-29-27-25-23-21-19-17-15-13-11-9-7-5-2;/h37H,4-35H2,1-3H3;1H/q+1;/p-1. The van der Waals surface area contributed by atoms with Crippen LogP contribution in [0.15, 0.2) is 0 Å². The molecule has 0 unspecified atom stereocenters. The SMILES string of the molecule is CCCCCCCCCCCCCCCC[N+](C)(CCO)CCCCCCCCCCCCCCCC.[Br-]. The molecular formula is C35H74BrNO. The molecule has 0 spiro atoms. The third-order valence-electron chi connectivity index (χ3n) is 8.74. The third-order valence-corrected chi connectivity index (χ3v) is 8.74. The van der Waals surface area contributed by atoms with Gasteiger partial charge in [0.1, 0.15) is 6.54 Å². The maximum absolute atomic E-state index is 9.62. The number of aliphatic hydroxyl groups excluding tert-OH is 1. The molecule has 0 bridgehead atoms. The smallest absolute Gasteiger partial charge is 0.102 e. The summed E-state index contributed by atoms with van der Waals surface area (Å²) < 4.78 is 1.09. The van der Waals surface area contributed by atoms with Gasteiger partial charge in [-0.05, 0) is 25.7 Å². The largest absolute Gasteiger partial charge is 1.00 e. The summed E-state index contributed by atoms with van der Waals surface area (Å²) >= 11 is 0. The number of hydrogen-bond acceptors (Lipinski definition) is 1. The lowest BCUT2D eigenvalue weighted by Crippen LogP contribution is -3.00. The van der Waals surface area contributed by atoms with E-state index in [1.54, 1.807) is 0 Å². The minimum absolute atomic E-state index is 0. The van der Waals surface area contributed by atoms with Crippen molar-refractivity contribution in [1.29, 1.82) is 0 Å². The first-order valence-corrected chi connectivity index (χ1v) is 17.6. The van der Waals surface area contributed by atoms with Crippen LogP contribution in [-0.4, -0.2) is 42.9 Å². The minimum atomic E-state index is 0. The fraction of sp³-hybridized carbons (Fsp3) is 1.00. The van der Waals surface area contributed by atoms with Gasteiger partial charge >= 0.3 is 0 Å². The Morgan fingerprint density at radius 1 is 0.342 bits per heavy atom. The molecule has 0 saturated heterocycles. The van der Waals surface area contributed by atoms with Crippen molar-refractivity contribution in [2.24, 2.45) is 0 Å². The van der Waals surface area contributed by atoms with Gasteiger partial charge in [-0.25, -0.2) is 0 Å². The van der Waals surface area contributed by atoms with Crippen molar-refractivity contribution in [1.82, 2.24) is 0 Å². The number of halogens is 1. The summed E-state index contributed by atoms with van der Waals surface area (Å²) in [4.78, 5) is 0. The number of unbranched alkanes of at least 4 members (excludes halogenated alkanes) is 26. The second-order valence-corrected chi connectivity index (χ2v) is 12.7. The van der Waals surface area contributed by atoms with E-state index in [4.69, 9.17) is 0 Å². The Morgan fingerprint density at radius 2 is 0.553 bits per heavy atom. The van der Waals surface area contributed by atoms with Gasteiger partial charge in [0.25, 0.3) is 0 Å². The first-order chi connectivity index (χ1) is 18.2. The lowest BCUT2D eigenvalue weighted by Gasteiger charge is -2.34. The average molecular weight is 605 g/mol. The van der Waals surface area contributed by atoms with E-state index >= 15 is 0 Å². The molecule has 1 N–H and O–H groups in total. The lowest BCUT2D eigenvalue weighted by molar-refractivity contribution is -0.910. The molecule has 0 aromatic carbocycles. The van der Waals surface area contributed by atoms with Crippen molar-refractivity contribution in [3.63, 3.8) is 0 Å². The third kappa shape index (κ3) is 30.9. The van der Waals surface area contributed by atoms with Gasteiger partial charge in [0, 0.05) is 0 Å². The van der Waals surface area contributed by atoms with E-state index in [0.717, 1.165) is 11.0 Å². The van der Waals surface area contributed by atoms with Gasteiger partial charge < -0.3 is 26.6 Å². The van der Waals surface area contributed by atoms with Crippen LogP contribution >= 0.6 is 0 Å². The van der Waals surface area contributed by atoms with Crippen LogP contribution in [0.1, 0.15) is 194 Å². The van der Waals surface area contributed by atoms with E-state index in [-0.39, 0.29) is 17.0 Å². The first kappa shape index (κ1) is 40.5. The fourth-order valence-corrected chi connectivity index (χ4v) is 5.95. The van der Waals surface area contributed by atoms with E-state index in [1.165, 1.54) is 193 Å². The topological polar surface area (TPSA) is 20.2 Å². The zero-order valence-electron chi connectivity index (χ0n) is 26.9. The predicted molar refractivity (Wildman–Crippen MR) is 168 cm³/mol. The molecule has 2 nitrogen and oxygen atoms in total. The Kier molecular flexibility index (Phi) is 35.9. The van der Waals surface area contributed by atoms with Gasteiger partial charge in [0.15, 0.2) is 0 Å². The highest BCUT2D eigenvalue weighted by atomic mass is 79.9. The highest BCUT2D eigenvalue weighted by Gasteiger charge is 2.19. The summed E-state index contributed by atoms with van der Waals surface area (Å²) in [6.07, 6.45) is 40.0. The Morgan fingerprint density at radius 3 is 0.763 bits per heavy atom. The molecule has 0 aliphatic rings. The quantitative estimate of drug-likeness (QED) is 0.0604. The normalized spacial score (nSPS) is 11.7. The van der Waals surface area contributed by atoms with Crippen molar-refractivity contribution < 1.29 is 26.6 Å². The summed E-state index contributed by atoms with van der Waals surface area (Å²) in [6, 6.07) is 0. The highest BCUT2D eigenvalue weighted by Crippen LogP contribution is 2.16. The van der Waals surface area contributed by atoms with Crippen LogP contribution in [0, 0.1) is 0 Å². The number of quaternary nitrogens is 1. The summed E-state index contributed by atoms with van der Waals surface area (Å²) in [7, 11) is 2.39. The second-order valence-electron chi connectivity index (χ2n) is 12.7. The molecule has 0 saturated carbocycles. The molecule has 0 aliphatic heterocycles. The van der Waals surface area contributed by atoms with Crippen LogP contribution in [-0.2, 0) is 0 Å². The summed E-state index contributed by atoms with van der Waals surface area (Å²) in [5.41, 5.74) is 0. The van der Waals surface area contributed by atoms with E-state index in [2.05, 4.69) is 20.9 Å². The number of aliphatic hydroxyl groups is 1. The highest BCUT2D eigenvalue weighted by molar-refractivity contribution is 4.52. The van der Waals surface area contributed by atoms with Crippen molar-refractivity contribution >= 4 is 0 Å². The van der Waals surface area contributed by atoms with Crippen LogP contribution in [0.4, 0.5) is 0 Å². The zero-order valence-corrected chi connectivity index (χ0v) is 28.5. The van der Waals surface area contributed by atoms with E-state index in [9.17, 15) is 5.11 Å². The minimum Gasteiger partial charge on any atom is -1.00 e. The van der Waals surface area contributed by atoms with Crippen molar-refractivity contribution in [2.75, 3.05) is 33.3 Å². The van der Waals surface area contributed by atoms with Crippen molar-refractivity contribution in [3.8, 4) is 0 Å². The molecule has 38 heavy (non-hydrogen) atoms. The maximum atomic E-state index is 9.62. The van der Waals surface area contributed by atoms with Crippen molar-refractivity contribution in [2.45, 2.75) is 194 Å². The summed E-state index contributed by atoms with van der Waals surface area (Å²) in [6.45, 7) is 8.40. The Bertz CT molecular complexity index is 385. The van der Waals surface area contributed by atoms with Gasteiger partial charge in [-0.2, -0.15) is 0 Å². The molecule has 0 rings (SSSR count). The van der Waals surface area contributed by atoms with Gasteiger partial charge in [-0.15, -0.1) is 0 Å². The van der Waals surface area contributed by atoms with Gasteiger partial charge in [0.05, 0.1) is 26.7 Å². The number of hydrogen-bond donors (Lipinski definition) is 1. The van der Waals surface area contributed by atoms with E-state index < -0.39 is 0 Å². The van der Waals surface area contributed by atoms with Crippen LogP contribution < -0.4 is 17.0 Å². The molecule has 232 valence electrons. The predicted octanol–water partition coefficient (Wildman–Crippen LogP) is 8.39. The average Bonchev–Trinajstić information content (AvgIpc) is 2.89. The van der Waals surface area contributed by atoms with Gasteiger partial charge in [0.2, 0.25) is 0 Å². The molecule has 0 aliphatic carbocycles. The van der Waals surface area contributed by atoms with Crippen LogP contribution in [0.5, 0.6) is 0 Å². The Labute approximate surface area is 252 Å². The lowest BCUT2D eigenvalue weighted by atomic mass is 10.0. The molecule has 0 aromatic rings. The second kappa shape index (κ2) is 33.6. The number of nitrogens with zero attached hydrogens (tertiary/aromatic N) is 1. The van der Waals surface area contributed by atoms with Crippen LogP contribution in [0.3, 0.4) is 0 Å². The van der Waals surface area contributed by atoms with Crippen molar-refractivity contribution in [3.05, 3.63) is 0 Å². The fourth-order valence-electron chi connectivity index (χ4n) is 5.95. The molecular weight excluding hydrogens is 530 g/mol. The summed E-state index contributed by atoms with van der Waals surface area (Å²) in [5, 5.41) is 9.62. The van der Waals surface area contributed by atoms with E-state index in [0.29, 0.717) is 6.61 Å². The molecule has 0 heterocycles. The van der Waals surface area contributed by atoms with Gasteiger partial charge in [-0.3, -0.25) is 0 Å². The number of likely N-dealkylation sites (N-methyl/N-ethyl adjacent to an activating group) is 1. The van der Waals surface area contributed by atoms with Gasteiger partial charge in [-0.1, -0.05) is 168 Å². The molecule has 0 radical (unpaired) electrons. The molecule has 0 fully saturated rings. The van der Waals surface area contributed by atoms with Crippen LogP contribution in [0.2, 0.25) is 0 Å². The summed E-state index contributed by atoms with van der Waals surface area (Å²) in [5.74, 6) is 0. The first-order valence-electron chi connectivity index (χ1n) is 17.6. The molecule has 0 aromatic heterocycles. The monoisotopic (exact) mass is 603 g/mol. The maximum Gasteiger partial charge on any atom is 0.102 e. The van der Waals surface area contributed by atoms with E-state index in [1.807, 2.05) is 0 Å². The Balaban J connectivity index is 0. The molecule has 0 atom stereocenters. The molecule has 3 heteroatoms. The Hall–Kier alpha value is 0.400. The van der Waals surface area contributed by atoms with Crippen LogP contribution in [0.25, 0.3) is 0 Å². The number of rotatable bonds is 32.